The summed E-state index contributed by atoms with van der Waals surface area (Å²) in [5.41, 5.74) is 2.99. The third-order valence-electron chi connectivity index (χ3n) is 5.74. The van der Waals surface area contributed by atoms with E-state index >= 15 is 0 Å². The van der Waals surface area contributed by atoms with Crippen molar-refractivity contribution in [1.29, 1.82) is 0 Å². The van der Waals surface area contributed by atoms with Crippen LogP contribution in [0.15, 0.2) is 24.3 Å². The Bertz CT molecular complexity index is 549. The van der Waals surface area contributed by atoms with Crippen molar-refractivity contribution in [3.63, 3.8) is 0 Å². The van der Waals surface area contributed by atoms with Gasteiger partial charge >= 0.3 is 0 Å². The summed E-state index contributed by atoms with van der Waals surface area (Å²) in [5, 5.41) is 9.20. The maximum absolute atomic E-state index is 12.0. The summed E-state index contributed by atoms with van der Waals surface area (Å²) in [6, 6.07) is 9.66. The molecular weight excluding hydrogens is 276 g/mol. The highest BCUT2D eigenvalue weighted by Crippen LogP contribution is 2.32. The number of amides is 1. The zero-order chi connectivity index (χ0) is 15.1. The van der Waals surface area contributed by atoms with Gasteiger partial charge in [0.2, 0.25) is 5.91 Å². The fraction of sp³-hybridized carbons (Fsp3) is 0.611. The summed E-state index contributed by atoms with van der Waals surface area (Å²) < 4.78 is 0. The number of nitrogens with zero attached hydrogens (tertiary/aromatic N) is 2. The van der Waals surface area contributed by atoms with E-state index in [4.69, 9.17) is 0 Å². The topological polar surface area (TPSA) is 43.8 Å². The van der Waals surface area contributed by atoms with Gasteiger partial charge in [-0.2, -0.15) is 0 Å². The number of carbonyl (C=O) groups is 1. The Morgan fingerprint density at radius 1 is 1.05 bits per heavy atom. The van der Waals surface area contributed by atoms with E-state index in [9.17, 15) is 9.90 Å². The van der Waals surface area contributed by atoms with Gasteiger partial charge in [0, 0.05) is 31.7 Å². The van der Waals surface area contributed by atoms with Gasteiger partial charge in [0.1, 0.15) is 6.61 Å². The molecule has 3 aliphatic heterocycles. The van der Waals surface area contributed by atoms with Gasteiger partial charge in [-0.3, -0.25) is 9.69 Å². The lowest BCUT2D eigenvalue weighted by Crippen LogP contribution is -2.49. The molecule has 22 heavy (non-hydrogen) atoms. The van der Waals surface area contributed by atoms with Gasteiger partial charge < -0.3 is 10.0 Å². The second-order valence-corrected chi connectivity index (χ2v) is 7.09. The average molecular weight is 300 g/mol. The molecule has 2 atom stereocenters. The number of aliphatic hydroxyl groups is 1. The molecule has 4 nitrogen and oxygen atoms in total. The van der Waals surface area contributed by atoms with Gasteiger partial charge in [-0.15, -0.1) is 0 Å². The van der Waals surface area contributed by atoms with Gasteiger partial charge in [0.15, 0.2) is 0 Å². The molecule has 3 heterocycles. The molecule has 5 rings (SSSR count). The lowest BCUT2D eigenvalue weighted by Gasteiger charge is -2.36. The zero-order valence-electron chi connectivity index (χ0n) is 12.9. The number of benzene rings is 1. The van der Waals surface area contributed by atoms with Crippen LogP contribution >= 0.6 is 0 Å². The third-order valence-corrected chi connectivity index (χ3v) is 5.74. The molecule has 1 aromatic carbocycles. The second-order valence-electron chi connectivity index (χ2n) is 7.09. The van der Waals surface area contributed by atoms with Crippen LogP contribution in [-0.4, -0.2) is 59.1 Å². The molecule has 0 saturated carbocycles. The number of fused-ring (bicyclic) bond motifs is 5. The summed E-state index contributed by atoms with van der Waals surface area (Å²) >= 11 is 0. The van der Waals surface area contributed by atoms with Crippen molar-refractivity contribution >= 4 is 5.91 Å². The van der Waals surface area contributed by atoms with Crippen molar-refractivity contribution in [1.82, 2.24) is 9.80 Å². The smallest absolute Gasteiger partial charge is 0.248 e. The van der Waals surface area contributed by atoms with E-state index < -0.39 is 0 Å². The number of piperidine rings is 1. The van der Waals surface area contributed by atoms with E-state index in [-0.39, 0.29) is 12.5 Å². The van der Waals surface area contributed by atoms with Crippen LogP contribution in [0.4, 0.5) is 0 Å². The normalized spacial score (nSPS) is 28.7. The molecule has 2 bridgehead atoms. The minimum Gasteiger partial charge on any atom is -0.387 e. The number of carbonyl (C=O) groups excluding carboxylic acids is 1. The molecule has 1 N–H and O–H groups in total. The highest BCUT2D eigenvalue weighted by atomic mass is 16.3. The van der Waals surface area contributed by atoms with Crippen LogP contribution in [0.5, 0.6) is 0 Å². The Labute approximate surface area is 131 Å². The zero-order valence-corrected chi connectivity index (χ0v) is 12.9. The van der Waals surface area contributed by atoms with Crippen LogP contribution in [0.25, 0.3) is 0 Å². The molecule has 0 radical (unpaired) electrons. The van der Waals surface area contributed by atoms with E-state index in [1.54, 1.807) is 0 Å². The summed E-state index contributed by atoms with van der Waals surface area (Å²) in [6.45, 7) is 2.56. The fourth-order valence-electron chi connectivity index (χ4n) is 4.61. The minimum absolute atomic E-state index is 0.0914. The van der Waals surface area contributed by atoms with Gasteiger partial charge in [0.05, 0.1) is 0 Å². The number of aliphatic hydroxyl groups excluding tert-OH is 1. The molecule has 3 fully saturated rings. The largest absolute Gasteiger partial charge is 0.387 e. The highest BCUT2D eigenvalue weighted by molar-refractivity contribution is 5.77. The first-order valence-electron chi connectivity index (χ1n) is 8.45. The molecule has 4 heteroatoms. The Balaban J connectivity index is 1.50. The van der Waals surface area contributed by atoms with E-state index in [0.29, 0.717) is 18.0 Å². The van der Waals surface area contributed by atoms with Gasteiger partial charge in [-0.25, -0.2) is 0 Å². The highest BCUT2D eigenvalue weighted by Gasteiger charge is 2.39. The predicted molar refractivity (Wildman–Crippen MR) is 84.5 cm³/mol. The molecular formula is C18H24N2O2. The number of hydrogen-bond donors (Lipinski definition) is 1. The predicted octanol–water partition coefficient (Wildman–Crippen LogP) is 1.07. The Hall–Kier alpha value is -1.39. The third kappa shape index (κ3) is 2.44. The first kappa shape index (κ1) is 14.2. The monoisotopic (exact) mass is 300 g/mol. The summed E-state index contributed by atoms with van der Waals surface area (Å²) in [6.07, 6.45) is 4.59. The van der Waals surface area contributed by atoms with Crippen LogP contribution in [0.3, 0.4) is 0 Å². The fourth-order valence-corrected chi connectivity index (χ4v) is 4.61. The molecule has 0 aromatic heterocycles. The molecule has 1 aromatic rings. The summed E-state index contributed by atoms with van der Waals surface area (Å²) in [7, 11) is 0. The van der Waals surface area contributed by atoms with Gasteiger partial charge in [0.25, 0.3) is 0 Å². The molecule has 1 aliphatic carbocycles. The van der Waals surface area contributed by atoms with Crippen molar-refractivity contribution in [3.8, 4) is 0 Å². The quantitative estimate of drug-likeness (QED) is 0.888. The van der Waals surface area contributed by atoms with Crippen molar-refractivity contribution in [2.45, 2.75) is 37.8 Å². The van der Waals surface area contributed by atoms with Crippen LogP contribution in [0, 0.1) is 5.92 Å². The van der Waals surface area contributed by atoms with E-state index in [2.05, 4.69) is 29.2 Å². The first-order valence-corrected chi connectivity index (χ1v) is 8.45. The standard InChI is InChI=1S/C18H24N2O2/c21-12-18(22)20-10-13-5-6-16(20)11-19(9-13)17-7-14-3-1-2-4-15(14)8-17/h1-4,13,16-17,21H,5-12H2/t13-,16+/m0/s1. The van der Waals surface area contributed by atoms with Crippen LogP contribution in [0.1, 0.15) is 24.0 Å². The Kier molecular flexibility index (Phi) is 3.66. The molecule has 0 spiro atoms. The Morgan fingerprint density at radius 3 is 2.45 bits per heavy atom. The van der Waals surface area contributed by atoms with Crippen molar-refractivity contribution in [2.75, 3.05) is 26.2 Å². The molecule has 1 amide bonds. The maximum Gasteiger partial charge on any atom is 0.248 e. The lowest BCUT2D eigenvalue weighted by molar-refractivity contribution is -0.138. The summed E-state index contributed by atoms with van der Waals surface area (Å²) in [5.74, 6) is 0.476. The van der Waals surface area contributed by atoms with Crippen molar-refractivity contribution in [3.05, 3.63) is 35.4 Å². The van der Waals surface area contributed by atoms with Gasteiger partial charge in [-0.05, 0) is 42.7 Å². The van der Waals surface area contributed by atoms with Crippen LogP contribution in [0.2, 0.25) is 0 Å². The minimum atomic E-state index is -0.349. The van der Waals surface area contributed by atoms with Crippen molar-refractivity contribution in [2.24, 2.45) is 5.92 Å². The van der Waals surface area contributed by atoms with Crippen molar-refractivity contribution < 1.29 is 9.90 Å². The van der Waals surface area contributed by atoms with E-state index in [0.717, 1.165) is 38.9 Å². The number of rotatable bonds is 2. The molecule has 4 aliphatic rings. The summed E-state index contributed by atoms with van der Waals surface area (Å²) in [4.78, 5) is 16.5. The van der Waals surface area contributed by atoms with E-state index in [1.807, 2.05) is 4.90 Å². The average Bonchev–Trinajstić information content (AvgIpc) is 2.77. The van der Waals surface area contributed by atoms with E-state index in [1.165, 1.54) is 17.5 Å². The number of hydrogen-bond acceptors (Lipinski definition) is 3. The SMILES string of the molecule is O=C(CO)N1C[C@H]2CC[C@@H]1CN(C1Cc3ccccc3C1)C2. The first-order chi connectivity index (χ1) is 10.7. The molecule has 0 unspecified atom stereocenters. The van der Waals surface area contributed by atoms with Crippen LogP contribution in [-0.2, 0) is 17.6 Å². The lowest BCUT2D eigenvalue weighted by atomic mass is 9.95. The second kappa shape index (κ2) is 5.67. The molecule has 118 valence electrons. The van der Waals surface area contributed by atoms with Gasteiger partial charge in [-0.1, -0.05) is 24.3 Å². The van der Waals surface area contributed by atoms with Crippen LogP contribution < -0.4 is 0 Å². The molecule has 3 saturated heterocycles. The Morgan fingerprint density at radius 2 is 1.77 bits per heavy atom. The maximum atomic E-state index is 12.0.